The third-order valence-corrected chi connectivity index (χ3v) is 3.70. The number of rotatable bonds is 7. The van der Waals surface area contributed by atoms with Gasteiger partial charge in [-0.3, -0.25) is 19.3 Å². The van der Waals surface area contributed by atoms with Gasteiger partial charge in [0.1, 0.15) is 5.15 Å². The average Bonchev–Trinajstić information content (AvgIpc) is 2.24. The van der Waals surface area contributed by atoms with Crippen LogP contribution in [0.4, 0.5) is 0 Å². The van der Waals surface area contributed by atoms with Crippen molar-refractivity contribution >= 4 is 21.7 Å². The Morgan fingerprint density at radius 3 is 2.26 bits per heavy atom. The van der Waals surface area contributed by atoms with E-state index in [-0.39, 0.29) is 10.9 Å². The van der Waals surface area contributed by atoms with Crippen LogP contribution in [-0.4, -0.2) is 28.7 Å². The van der Waals surface area contributed by atoms with E-state index in [0.717, 1.165) is 0 Å². The van der Waals surface area contributed by atoms with Crippen LogP contribution in [0.15, 0.2) is 9.59 Å². The summed E-state index contributed by atoms with van der Waals surface area (Å²) < 4.78 is 29.5. The largest absolute Gasteiger partial charge is 0.326 e. The van der Waals surface area contributed by atoms with Crippen molar-refractivity contribution in [2.24, 2.45) is 0 Å². The Morgan fingerprint density at radius 2 is 1.68 bits per heavy atom. The van der Waals surface area contributed by atoms with Gasteiger partial charge in [-0.25, -0.2) is 4.79 Å². The zero-order valence-corrected chi connectivity index (χ0v) is 11.7. The first-order valence-corrected chi connectivity index (χ1v) is 7.74. The van der Waals surface area contributed by atoms with E-state index in [1.165, 1.54) is 0 Å². The van der Waals surface area contributed by atoms with Gasteiger partial charge in [-0.1, -0.05) is 24.4 Å². The molecule has 0 saturated heterocycles. The maximum absolute atomic E-state index is 11.4. The maximum atomic E-state index is 11.4. The first-order chi connectivity index (χ1) is 8.79. The SMILES string of the molecule is O=c1[nH]c(Cl)c(CCCCCCS(=O)(=O)O)c(=O)[nH]1. The van der Waals surface area contributed by atoms with Gasteiger partial charge in [0.15, 0.2) is 0 Å². The molecular weight excluding hydrogens is 296 g/mol. The van der Waals surface area contributed by atoms with E-state index in [0.29, 0.717) is 37.7 Å². The van der Waals surface area contributed by atoms with Crippen molar-refractivity contribution in [1.29, 1.82) is 0 Å². The number of hydrogen-bond acceptors (Lipinski definition) is 4. The molecule has 0 radical (unpaired) electrons. The van der Waals surface area contributed by atoms with E-state index in [1.807, 2.05) is 0 Å². The number of unbranched alkanes of at least 4 members (excludes halogenated alkanes) is 3. The van der Waals surface area contributed by atoms with E-state index >= 15 is 0 Å². The molecule has 0 aliphatic carbocycles. The van der Waals surface area contributed by atoms with Crippen LogP contribution < -0.4 is 11.2 Å². The van der Waals surface area contributed by atoms with Crippen LogP contribution in [0.2, 0.25) is 5.15 Å². The normalized spacial score (nSPS) is 11.7. The first kappa shape index (κ1) is 15.9. The number of H-pyrrole nitrogens is 2. The Labute approximate surface area is 114 Å². The van der Waals surface area contributed by atoms with Crippen LogP contribution in [0.1, 0.15) is 31.2 Å². The van der Waals surface area contributed by atoms with E-state index in [1.54, 1.807) is 0 Å². The Balaban J connectivity index is 2.39. The van der Waals surface area contributed by atoms with Crippen molar-refractivity contribution in [3.8, 4) is 0 Å². The van der Waals surface area contributed by atoms with Gasteiger partial charge in [-0.05, 0) is 19.3 Å². The molecule has 19 heavy (non-hydrogen) atoms. The molecule has 9 heteroatoms. The smallest absolute Gasteiger partial charge is 0.297 e. The molecule has 0 unspecified atom stereocenters. The topological polar surface area (TPSA) is 120 Å². The third-order valence-electron chi connectivity index (χ3n) is 2.57. The van der Waals surface area contributed by atoms with Crippen molar-refractivity contribution < 1.29 is 13.0 Å². The second-order valence-electron chi connectivity index (χ2n) is 4.15. The molecule has 0 spiro atoms. The molecule has 3 N–H and O–H groups in total. The second kappa shape index (κ2) is 6.88. The molecule has 1 heterocycles. The molecule has 0 fully saturated rings. The molecule has 108 valence electrons. The average molecular weight is 311 g/mol. The summed E-state index contributed by atoms with van der Waals surface area (Å²) in [4.78, 5) is 26.7. The van der Waals surface area contributed by atoms with Crippen molar-refractivity contribution in [3.63, 3.8) is 0 Å². The van der Waals surface area contributed by atoms with Crippen molar-refractivity contribution in [3.05, 3.63) is 31.6 Å². The molecule has 1 aromatic heterocycles. The highest BCUT2D eigenvalue weighted by Gasteiger charge is 2.07. The zero-order chi connectivity index (χ0) is 14.5. The molecule has 0 aliphatic rings. The molecule has 1 rings (SSSR count). The van der Waals surface area contributed by atoms with E-state index < -0.39 is 21.4 Å². The van der Waals surface area contributed by atoms with E-state index in [4.69, 9.17) is 16.2 Å². The van der Waals surface area contributed by atoms with E-state index in [2.05, 4.69) is 9.97 Å². The molecule has 0 saturated carbocycles. The minimum atomic E-state index is -3.90. The quantitative estimate of drug-likeness (QED) is 0.389. The summed E-state index contributed by atoms with van der Waals surface area (Å²) in [6.45, 7) is 0. The lowest BCUT2D eigenvalue weighted by atomic mass is 10.1. The lowest BCUT2D eigenvalue weighted by Gasteiger charge is -2.02. The summed E-state index contributed by atoms with van der Waals surface area (Å²) >= 11 is 5.75. The van der Waals surface area contributed by atoms with Crippen LogP contribution in [0.5, 0.6) is 0 Å². The Morgan fingerprint density at radius 1 is 1.05 bits per heavy atom. The van der Waals surface area contributed by atoms with Gasteiger partial charge >= 0.3 is 5.69 Å². The number of halogens is 1. The van der Waals surface area contributed by atoms with Crippen LogP contribution >= 0.6 is 11.6 Å². The van der Waals surface area contributed by atoms with Crippen LogP contribution in [-0.2, 0) is 16.5 Å². The van der Waals surface area contributed by atoms with Crippen LogP contribution in [0.3, 0.4) is 0 Å². The molecular formula is C10H15ClN2O5S. The minimum absolute atomic E-state index is 0.0340. The molecule has 0 atom stereocenters. The Bertz CT molecular complexity index is 634. The highest BCUT2D eigenvalue weighted by atomic mass is 35.5. The summed E-state index contributed by atoms with van der Waals surface area (Å²) in [5, 5.41) is 0.0340. The number of aromatic nitrogens is 2. The molecule has 0 amide bonds. The number of aromatic amines is 2. The van der Waals surface area contributed by atoms with Crippen molar-refractivity contribution in [1.82, 2.24) is 9.97 Å². The fraction of sp³-hybridized carbons (Fsp3) is 0.600. The van der Waals surface area contributed by atoms with Gasteiger partial charge in [0, 0.05) is 0 Å². The van der Waals surface area contributed by atoms with Gasteiger partial charge < -0.3 is 0 Å². The van der Waals surface area contributed by atoms with Gasteiger partial charge in [0.2, 0.25) is 0 Å². The number of nitrogens with one attached hydrogen (secondary N) is 2. The summed E-state index contributed by atoms with van der Waals surface area (Å²) in [7, 11) is -3.90. The van der Waals surface area contributed by atoms with Crippen molar-refractivity contribution in [2.75, 3.05) is 5.75 Å². The molecule has 0 bridgehead atoms. The fourth-order valence-electron chi connectivity index (χ4n) is 1.65. The highest BCUT2D eigenvalue weighted by Crippen LogP contribution is 2.10. The fourth-order valence-corrected chi connectivity index (χ4v) is 2.48. The van der Waals surface area contributed by atoms with Crippen molar-refractivity contribution in [2.45, 2.75) is 32.1 Å². The molecule has 0 aromatic carbocycles. The lowest BCUT2D eigenvalue weighted by molar-refractivity contribution is 0.479. The van der Waals surface area contributed by atoms with E-state index in [9.17, 15) is 18.0 Å². The predicted octanol–water partition coefficient (Wildman–Crippen LogP) is 0.707. The van der Waals surface area contributed by atoms with Crippen LogP contribution in [0, 0.1) is 0 Å². The molecule has 0 aliphatic heterocycles. The van der Waals surface area contributed by atoms with Crippen LogP contribution in [0.25, 0.3) is 0 Å². The highest BCUT2D eigenvalue weighted by molar-refractivity contribution is 7.85. The second-order valence-corrected chi connectivity index (χ2v) is 6.10. The van der Waals surface area contributed by atoms with Gasteiger partial charge in [-0.2, -0.15) is 8.42 Å². The van der Waals surface area contributed by atoms with Gasteiger partial charge in [-0.15, -0.1) is 0 Å². The first-order valence-electron chi connectivity index (χ1n) is 5.76. The standard InChI is InChI=1S/C10H15ClN2O5S/c11-8-7(9(14)13-10(15)12-8)5-3-1-2-4-6-19(16,17)18/h1-6H2,(H,16,17,18)(H2,12,13,14,15). The van der Waals surface area contributed by atoms with Gasteiger partial charge in [0.25, 0.3) is 15.7 Å². The molecule has 1 aromatic rings. The van der Waals surface area contributed by atoms with Gasteiger partial charge in [0.05, 0.1) is 11.3 Å². The third kappa shape index (κ3) is 6.04. The lowest BCUT2D eigenvalue weighted by Crippen LogP contribution is -2.25. The molecule has 7 nitrogen and oxygen atoms in total. The minimum Gasteiger partial charge on any atom is -0.297 e. The predicted molar refractivity (Wildman–Crippen MR) is 71.3 cm³/mol. The maximum Gasteiger partial charge on any atom is 0.326 e. The Hall–Kier alpha value is -1.12. The summed E-state index contributed by atoms with van der Waals surface area (Å²) in [6, 6.07) is 0. The zero-order valence-electron chi connectivity index (χ0n) is 10.1. The summed E-state index contributed by atoms with van der Waals surface area (Å²) in [6.07, 6.45) is 2.73. The number of hydrogen-bond donors (Lipinski definition) is 3. The summed E-state index contributed by atoms with van der Waals surface area (Å²) in [5.74, 6) is -0.257. The Kier molecular flexibility index (Phi) is 5.77. The summed E-state index contributed by atoms with van der Waals surface area (Å²) in [5.41, 5.74) is -0.838. The monoisotopic (exact) mass is 310 g/mol.